The van der Waals surface area contributed by atoms with Crippen LogP contribution in [0.2, 0.25) is 0 Å². The molecule has 0 unspecified atom stereocenters. The Morgan fingerprint density at radius 2 is 1.00 bits per heavy atom. The van der Waals surface area contributed by atoms with Gasteiger partial charge in [0.2, 0.25) is 0 Å². The number of hydrogen-bond acceptors (Lipinski definition) is 0. The zero-order valence-corrected chi connectivity index (χ0v) is 9.25. The standard InChI is InChI=1S/C4H12N.Cl2I/c1-5(2,3)4;1-3-2/h1-4H3;/q+1;-1. The van der Waals surface area contributed by atoms with Crippen LogP contribution in [-0.4, -0.2) is 32.7 Å². The van der Waals surface area contributed by atoms with E-state index >= 15 is 0 Å². The zero-order chi connectivity index (χ0) is 7.21. The van der Waals surface area contributed by atoms with Crippen LogP contribution in [-0.2, 0) is 0 Å². The van der Waals surface area contributed by atoms with E-state index in [0.717, 1.165) is 4.48 Å². The monoisotopic (exact) mass is 271 g/mol. The molecule has 8 heavy (non-hydrogen) atoms. The van der Waals surface area contributed by atoms with Crippen molar-refractivity contribution >= 4 is 17.8 Å². The second kappa shape index (κ2) is 6.39. The maximum atomic E-state index is 4.87. The molecule has 0 aliphatic heterocycles. The predicted octanol–water partition coefficient (Wildman–Crippen LogP) is -1.29. The van der Waals surface area contributed by atoms with Gasteiger partial charge in [-0.15, -0.1) is 0 Å². The summed E-state index contributed by atoms with van der Waals surface area (Å²) >= 11 is -0.466. The first-order valence-electron chi connectivity index (χ1n) is 2.07. The number of hydrogen-bond donors (Lipinski definition) is 0. The van der Waals surface area contributed by atoms with Crippen LogP contribution in [0, 0.1) is 0 Å². The molecule has 0 radical (unpaired) electrons. The van der Waals surface area contributed by atoms with Gasteiger partial charge in [-0.25, -0.2) is 0 Å². The van der Waals surface area contributed by atoms with Gasteiger partial charge in [-0.1, -0.05) is 0 Å². The fraction of sp³-hybridized carbons (Fsp3) is 1.00. The summed E-state index contributed by atoms with van der Waals surface area (Å²) < 4.78 is 1.00. The summed E-state index contributed by atoms with van der Waals surface area (Å²) in [5.41, 5.74) is 0. The van der Waals surface area contributed by atoms with Crippen LogP contribution in [0.1, 0.15) is 0 Å². The van der Waals surface area contributed by atoms with Crippen molar-refractivity contribution in [2.24, 2.45) is 0 Å². The Bertz CT molecular complexity index is 37.8. The Labute approximate surface area is 69.2 Å². The van der Waals surface area contributed by atoms with Crippen LogP contribution in [0.5, 0.6) is 0 Å². The van der Waals surface area contributed by atoms with Crippen molar-refractivity contribution in [1.82, 2.24) is 0 Å². The van der Waals surface area contributed by atoms with Gasteiger partial charge in [0.25, 0.3) is 0 Å². The molecular formula is C4H12Cl2IN. The third-order valence-corrected chi connectivity index (χ3v) is 0. The first-order chi connectivity index (χ1) is 3.41. The molecule has 0 aliphatic carbocycles. The first kappa shape index (κ1) is 12.0. The van der Waals surface area contributed by atoms with E-state index in [1.165, 1.54) is 0 Å². The molecule has 0 aromatic carbocycles. The minimum absolute atomic E-state index is 0.466. The maximum absolute atomic E-state index is 4.87. The molecule has 0 spiro atoms. The van der Waals surface area contributed by atoms with E-state index in [1.807, 2.05) is 0 Å². The van der Waals surface area contributed by atoms with E-state index in [-0.39, 0.29) is 0 Å². The summed E-state index contributed by atoms with van der Waals surface area (Å²) in [4.78, 5) is 0. The fourth-order valence-electron chi connectivity index (χ4n) is 0. The van der Waals surface area contributed by atoms with Crippen molar-refractivity contribution in [2.45, 2.75) is 0 Å². The summed E-state index contributed by atoms with van der Waals surface area (Å²) in [6.07, 6.45) is 0. The molecule has 0 bridgehead atoms. The summed E-state index contributed by atoms with van der Waals surface area (Å²) in [6, 6.07) is 0. The SMILES string of the molecule is C[N+](C)(C)C.Cl[I-]Cl. The van der Waals surface area contributed by atoms with Gasteiger partial charge < -0.3 is 4.48 Å². The van der Waals surface area contributed by atoms with Gasteiger partial charge in [0.1, 0.15) is 0 Å². The summed E-state index contributed by atoms with van der Waals surface area (Å²) in [5.74, 6) is 0. The van der Waals surface area contributed by atoms with E-state index in [0.29, 0.717) is 0 Å². The van der Waals surface area contributed by atoms with Gasteiger partial charge in [0.05, 0.1) is 28.2 Å². The number of halogens is 3. The van der Waals surface area contributed by atoms with Crippen molar-refractivity contribution in [1.29, 1.82) is 0 Å². The van der Waals surface area contributed by atoms with Crippen molar-refractivity contribution in [2.75, 3.05) is 28.2 Å². The summed E-state index contributed by atoms with van der Waals surface area (Å²) in [7, 11) is 18.2. The van der Waals surface area contributed by atoms with Crippen LogP contribution in [0.15, 0.2) is 0 Å². The van der Waals surface area contributed by atoms with Crippen LogP contribution >= 0.6 is 17.8 Å². The van der Waals surface area contributed by atoms with Gasteiger partial charge in [-0.2, -0.15) is 0 Å². The van der Waals surface area contributed by atoms with E-state index in [9.17, 15) is 0 Å². The Morgan fingerprint density at radius 3 is 1.00 bits per heavy atom. The van der Waals surface area contributed by atoms with Crippen LogP contribution in [0.4, 0.5) is 0 Å². The van der Waals surface area contributed by atoms with E-state index in [1.54, 1.807) is 0 Å². The topological polar surface area (TPSA) is 0 Å². The second-order valence-electron chi connectivity index (χ2n) is 2.74. The van der Waals surface area contributed by atoms with Crippen LogP contribution in [0.3, 0.4) is 0 Å². The Morgan fingerprint density at radius 1 is 1.00 bits per heavy atom. The average molecular weight is 272 g/mol. The van der Waals surface area contributed by atoms with E-state index in [4.69, 9.17) is 17.8 Å². The fourth-order valence-corrected chi connectivity index (χ4v) is 0. The molecule has 1 nitrogen and oxygen atoms in total. The average Bonchev–Trinajstić information content (AvgIpc) is 1.27. The third kappa shape index (κ3) is 177. The molecule has 0 aromatic rings. The molecule has 0 rings (SSSR count). The number of rotatable bonds is 0. The molecule has 0 N–H and O–H groups in total. The predicted molar refractivity (Wildman–Crippen MR) is 35.7 cm³/mol. The Balaban J connectivity index is 0. The quantitative estimate of drug-likeness (QED) is 0.380. The van der Waals surface area contributed by atoms with E-state index in [2.05, 4.69) is 28.2 Å². The van der Waals surface area contributed by atoms with Gasteiger partial charge in [0.15, 0.2) is 0 Å². The van der Waals surface area contributed by atoms with Gasteiger partial charge in [-0.3, -0.25) is 0 Å². The molecular weight excluding hydrogens is 260 g/mol. The van der Waals surface area contributed by atoms with Crippen molar-refractivity contribution in [3.63, 3.8) is 0 Å². The van der Waals surface area contributed by atoms with Crippen molar-refractivity contribution < 1.29 is 23.4 Å². The molecule has 0 aromatic heterocycles. The van der Waals surface area contributed by atoms with Crippen LogP contribution in [0.25, 0.3) is 0 Å². The molecule has 0 fully saturated rings. The molecule has 0 atom stereocenters. The van der Waals surface area contributed by atoms with Crippen molar-refractivity contribution in [3.05, 3.63) is 0 Å². The zero-order valence-electron chi connectivity index (χ0n) is 5.58. The number of quaternary nitrogens is 1. The third-order valence-electron chi connectivity index (χ3n) is 0. The Kier molecular flexibility index (Phi) is 9.58. The Hall–Kier alpha value is 1.27. The summed E-state index contributed by atoms with van der Waals surface area (Å²) in [6.45, 7) is 0. The minimum atomic E-state index is -0.466. The van der Waals surface area contributed by atoms with Gasteiger partial charge >= 0.3 is 36.8 Å². The van der Waals surface area contributed by atoms with Gasteiger partial charge in [0, 0.05) is 0 Å². The molecule has 0 aliphatic rings. The molecule has 54 valence electrons. The second-order valence-corrected chi connectivity index (χ2v) is 5.94. The van der Waals surface area contributed by atoms with E-state index < -0.39 is 18.9 Å². The molecule has 0 saturated heterocycles. The van der Waals surface area contributed by atoms with Crippen molar-refractivity contribution in [3.8, 4) is 0 Å². The molecule has 0 saturated carbocycles. The van der Waals surface area contributed by atoms with Gasteiger partial charge in [-0.05, 0) is 0 Å². The summed E-state index contributed by atoms with van der Waals surface area (Å²) in [5, 5.41) is 0. The normalized spacial score (nSPS) is 10.2. The number of nitrogens with zero attached hydrogens (tertiary/aromatic N) is 1. The molecule has 0 amide bonds. The van der Waals surface area contributed by atoms with Crippen LogP contribution < -0.4 is 18.9 Å². The first-order valence-corrected chi connectivity index (χ1v) is 7.54. The molecule has 4 heteroatoms. The molecule has 0 heterocycles.